The van der Waals surface area contributed by atoms with Crippen LogP contribution in [0.1, 0.15) is 41.6 Å². The van der Waals surface area contributed by atoms with Crippen LogP contribution in [-0.4, -0.2) is 34.4 Å². The van der Waals surface area contributed by atoms with Crippen LogP contribution in [0.2, 0.25) is 0 Å². The fourth-order valence-electron chi connectivity index (χ4n) is 2.83. The zero-order chi connectivity index (χ0) is 13.6. The third kappa shape index (κ3) is 2.30. The number of carboxylic acids is 1. The molecule has 1 N–H and O–H groups in total. The Hall–Kier alpha value is -0.920. The molecule has 5 nitrogen and oxygen atoms in total. The molecule has 102 valence electrons. The molecule has 3 rings (SSSR count). The highest BCUT2D eigenvalue weighted by atomic mass is 127. The lowest BCUT2D eigenvalue weighted by atomic mass is 9.93. The van der Waals surface area contributed by atoms with Gasteiger partial charge in [0.2, 0.25) is 0 Å². The number of aromatic carboxylic acids is 1. The first-order chi connectivity index (χ1) is 9.02. The highest BCUT2D eigenvalue weighted by Gasteiger charge is 2.45. The van der Waals surface area contributed by atoms with Crippen molar-refractivity contribution in [1.82, 2.24) is 10.2 Å². The molecule has 1 saturated heterocycles. The van der Waals surface area contributed by atoms with Crippen LogP contribution in [0, 0.1) is 16.0 Å². The predicted octanol–water partition coefficient (Wildman–Crippen LogP) is 2.47. The smallest absolute Gasteiger partial charge is 0.339 e. The van der Waals surface area contributed by atoms with E-state index in [1.807, 2.05) is 22.6 Å². The van der Waals surface area contributed by atoms with E-state index in [0.29, 0.717) is 26.1 Å². The lowest BCUT2D eigenvalue weighted by Gasteiger charge is -2.33. The summed E-state index contributed by atoms with van der Waals surface area (Å²) >= 11 is 2.03. The summed E-state index contributed by atoms with van der Waals surface area (Å²) in [7, 11) is 0. The summed E-state index contributed by atoms with van der Waals surface area (Å²) in [6, 6.07) is 0. The summed E-state index contributed by atoms with van der Waals surface area (Å²) < 4.78 is 0.662. The Morgan fingerprint density at radius 1 is 1.26 bits per heavy atom. The number of hydrogen-bond donors (Lipinski definition) is 1. The molecule has 2 heterocycles. The first kappa shape index (κ1) is 13.1. The highest BCUT2D eigenvalue weighted by molar-refractivity contribution is 14.1. The molecule has 2 fully saturated rings. The highest BCUT2D eigenvalue weighted by Crippen LogP contribution is 2.53. The van der Waals surface area contributed by atoms with E-state index in [1.54, 1.807) is 6.92 Å². The third-order valence-corrected chi connectivity index (χ3v) is 5.46. The SMILES string of the molecule is Cc1c(I)nnc(N2CCC3(CC2)CC3)c1C(=O)O. The van der Waals surface area contributed by atoms with Crippen molar-refractivity contribution in [1.29, 1.82) is 0 Å². The molecular formula is C13H16IN3O2. The van der Waals surface area contributed by atoms with Gasteiger partial charge in [-0.3, -0.25) is 0 Å². The minimum Gasteiger partial charge on any atom is -0.478 e. The predicted molar refractivity (Wildman–Crippen MR) is 79.6 cm³/mol. The average molecular weight is 373 g/mol. The Bertz CT molecular complexity index is 533. The van der Waals surface area contributed by atoms with E-state index in [9.17, 15) is 9.90 Å². The molecule has 0 radical (unpaired) electrons. The van der Waals surface area contributed by atoms with E-state index in [1.165, 1.54) is 12.8 Å². The monoisotopic (exact) mass is 373 g/mol. The van der Waals surface area contributed by atoms with Gasteiger partial charge in [0.05, 0.1) is 0 Å². The zero-order valence-corrected chi connectivity index (χ0v) is 13.0. The maximum absolute atomic E-state index is 11.5. The lowest BCUT2D eigenvalue weighted by Crippen LogP contribution is -2.36. The molecule has 1 aliphatic heterocycles. The fourth-order valence-corrected chi connectivity index (χ4v) is 3.21. The van der Waals surface area contributed by atoms with Gasteiger partial charge in [-0.05, 0) is 60.6 Å². The van der Waals surface area contributed by atoms with E-state index >= 15 is 0 Å². The van der Waals surface area contributed by atoms with Crippen molar-refractivity contribution < 1.29 is 9.90 Å². The Morgan fingerprint density at radius 3 is 2.42 bits per heavy atom. The van der Waals surface area contributed by atoms with Gasteiger partial charge in [0.25, 0.3) is 0 Å². The van der Waals surface area contributed by atoms with Crippen LogP contribution in [0.15, 0.2) is 0 Å². The molecule has 1 saturated carbocycles. The van der Waals surface area contributed by atoms with Gasteiger partial charge in [0, 0.05) is 18.7 Å². The molecule has 0 bridgehead atoms. The van der Waals surface area contributed by atoms with Crippen LogP contribution >= 0.6 is 22.6 Å². The molecule has 1 aromatic heterocycles. The molecule has 1 spiro atoms. The standard InChI is InChI=1S/C13H16IN3O2/c1-8-9(12(18)19)11(16-15-10(8)14)17-6-4-13(2-3-13)5-7-17/h2-7H2,1H3,(H,18,19). The molecule has 0 aromatic carbocycles. The summed E-state index contributed by atoms with van der Waals surface area (Å²) in [4.78, 5) is 13.6. The minimum atomic E-state index is -0.910. The van der Waals surface area contributed by atoms with E-state index in [2.05, 4.69) is 15.1 Å². The average Bonchev–Trinajstić information content (AvgIpc) is 3.13. The van der Waals surface area contributed by atoms with Crippen molar-refractivity contribution in [2.75, 3.05) is 18.0 Å². The van der Waals surface area contributed by atoms with Crippen LogP contribution in [0.4, 0.5) is 5.82 Å². The van der Waals surface area contributed by atoms with Gasteiger partial charge in [-0.1, -0.05) is 0 Å². The second-order valence-corrected chi connectivity index (χ2v) is 6.63. The van der Waals surface area contributed by atoms with Crippen LogP contribution in [-0.2, 0) is 0 Å². The van der Waals surface area contributed by atoms with Crippen molar-refractivity contribution in [3.8, 4) is 0 Å². The van der Waals surface area contributed by atoms with Crippen molar-refractivity contribution in [2.24, 2.45) is 5.41 Å². The molecule has 0 amide bonds. The number of carboxylic acid groups (broad SMARTS) is 1. The normalized spacial score (nSPS) is 20.6. The molecule has 0 atom stereocenters. The zero-order valence-electron chi connectivity index (χ0n) is 10.8. The second-order valence-electron chi connectivity index (χ2n) is 5.61. The summed E-state index contributed by atoms with van der Waals surface area (Å²) in [5, 5.41) is 17.6. The number of carbonyl (C=O) groups is 1. The molecule has 0 unspecified atom stereocenters. The number of piperidine rings is 1. The van der Waals surface area contributed by atoms with Crippen LogP contribution in [0.25, 0.3) is 0 Å². The molecular weight excluding hydrogens is 357 g/mol. The largest absolute Gasteiger partial charge is 0.478 e. The van der Waals surface area contributed by atoms with Gasteiger partial charge in [0.1, 0.15) is 9.26 Å². The van der Waals surface area contributed by atoms with Crippen LogP contribution < -0.4 is 4.90 Å². The quantitative estimate of drug-likeness (QED) is 0.807. The summed E-state index contributed by atoms with van der Waals surface area (Å²) in [6.07, 6.45) is 4.98. The minimum absolute atomic E-state index is 0.311. The van der Waals surface area contributed by atoms with Gasteiger partial charge >= 0.3 is 5.97 Å². The maximum atomic E-state index is 11.5. The van der Waals surface area contributed by atoms with Crippen molar-refractivity contribution in [3.05, 3.63) is 14.8 Å². The fraction of sp³-hybridized carbons (Fsp3) is 0.615. The third-order valence-electron chi connectivity index (χ3n) is 4.44. The van der Waals surface area contributed by atoms with Gasteiger partial charge in [0.15, 0.2) is 5.82 Å². The molecule has 19 heavy (non-hydrogen) atoms. The van der Waals surface area contributed by atoms with Crippen LogP contribution in [0.3, 0.4) is 0 Å². The number of aromatic nitrogens is 2. The second kappa shape index (κ2) is 4.57. The molecule has 1 aliphatic carbocycles. The van der Waals surface area contributed by atoms with Gasteiger partial charge in [-0.2, -0.15) is 0 Å². The lowest BCUT2D eigenvalue weighted by molar-refractivity contribution is 0.0696. The van der Waals surface area contributed by atoms with Gasteiger partial charge in [-0.25, -0.2) is 4.79 Å². The van der Waals surface area contributed by atoms with Gasteiger partial charge in [-0.15, -0.1) is 10.2 Å². The number of halogens is 1. The van der Waals surface area contributed by atoms with Gasteiger partial charge < -0.3 is 10.0 Å². The Labute approximate surface area is 125 Å². The summed E-state index contributed by atoms with van der Waals surface area (Å²) in [5.41, 5.74) is 1.60. The van der Waals surface area contributed by atoms with Crippen molar-refractivity contribution >= 4 is 34.4 Å². The maximum Gasteiger partial charge on any atom is 0.339 e. The van der Waals surface area contributed by atoms with E-state index in [0.717, 1.165) is 25.9 Å². The van der Waals surface area contributed by atoms with Crippen molar-refractivity contribution in [3.63, 3.8) is 0 Å². The number of nitrogens with zero attached hydrogens (tertiary/aromatic N) is 3. The van der Waals surface area contributed by atoms with E-state index in [4.69, 9.17) is 0 Å². The number of rotatable bonds is 2. The molecule has 6 heteroatoms. The molecule has 2 aliphatic rings. The Kier molecular flexibility index (Phi) is 3.15. The topological polar surface area (TPSA) is 66.3 Å². The molecule has 1 aromatic rings. The first-order valence-corrected chi connectivity index (χ1v) is 7.61. The Balaban J connectivity index is 1.92. The van der Waals surface area contributed by atoms with Crippen LogP contribution in [0.5, 0.6) is 0 Å². The number of hydrogen-bond acceptors (Lipinski definition) is 4. The number of anilines is 1. The summed E-state index contributed by atoms with van der Waals surface area (Å²) in [5.74, 6) is -0.368. The van der Waals surface area contributed by atoms with Crippen molar-refractivity contribution in [2.45, 2.75) is 32.6 Å². The van der Waals surface area contributed by atoms with E-state index in [-0.39, 0.29) is 0 Å². The summed E-state index contributed by atoms with van der Waals surface area (Å²) in [6.45, 7) is 3.60. The van der Waals surface area contributed by atoms with E-state index < -0.39 is 5.97 Å². The Morgan fingerprint density at radius 2 is 1.89 bits per heavy atom. The first-order valence-electron chi connectivity index (χ1n) is 6.53.